The number of phenolic OH excluding ortho intramolecular Hbond substituents is 1. The number of hydrogen-bond donors (Lipinski definition) is 2. The number of piperidine rings is 1. The Bertz CT molecular complexity index is 433. The first kappa shape index (κ1) is 15.2. The van der Waals surface area contributed by atoms with E-state index in [1.807, 2.05) is 6.07 Å². The standard InChI is InChI=1S/C17H28N2O/c1-4-9-18-14(3)16-8-7-15(11-17(16)20)19-10-5-6-13(2)12-19/h7-8,11,13-14,18,20H,4-6,9-10,12H2,1-3H3. The summed E-state index contributed by atoms with van der Waals surface area (Å²) in [6.07, 6.45) is 3.67. The molecule has 0 aromatic heterocycles. The van der Waals surface area contributed by atoms with E-state index in [1.165, 1.54) is 12.8 Å². The summed E-state index contributed by atoms with van der Waals surface area (Å²) in [7, 11) is 0. The molecule has 1 heterocycles. The molecule has 3 nitrogen and oxygen atoms in total. The lowest BCUT2D eigenvalue weighted by atomic mass is 9.99. The van der Waals surface area contributed by atoms with Crippen molar-refractivity contribution in [1.82, 2.24) is 5.32 Å². The van der Waals surface area contributed by atoms with Gasteiger partial charge in [0.05, 0.1) is 0 Å². The molecule has 20 heavy (non-hydrogen) atoms. The minimum atomic E-state index is 0.198. The van der Waals surface area contributed by atoms with Crippen molar-refractivity contribution in [3.8, 4) is 5.75 Å². The monoisotopic (exact) mass is 276 g/mol. The van der Waals surface area contributed by atoms with Crippen LogP contribution in [0.15, 0.2) is 18.2 Å². The molecule has 3 heteroatoms. The van der Waals surface area contributed by atoms with Gasteiger partial charge in [0.2, 0.25) is 0 Å². The fraction of sp³-hybridized carbons (Fsp3) is 0.647. The first-order valence-corrected chi connectivity index (χ1v) is 7.93. The minimum absolute atomic E-state index is 0.198. The maximum Gasteiger partial charge on any atom is 0.122 e. The summed E-state index contributed by atoms with van der Waals surface area (Å²) in [6, 6.07) is 6.34. The van der Waals surface area contributed by atoms with Gasteiger partial charge in [-0.2, -0.15) is 0 Å². The van der Waals surface area contributed by atoms with Gasteiger partial charge in [0.15, 0.2) is 0 Å². The summed E-state index contributed by atoms with van der Waals surface area (Å²) < 4.78 is 0. The summed E-state index contributed by atoms with van der Waals surface area (Å²) in [5.74, 6) is 1.16. The van der Waals surface area contributed by atoms with Gasteiger partial charge < -0.3 is 15.3 Å². The number of benzene rings is 1. The van der Waals surface area contributed by atoms with E-state index in [2.05, 4.69) is 43.1 Å². The third kappa shape index (κ3) is 3.66. The Kier molecular flexibility index (Phi) is 5.30. The molecule has 0 radical (unpaired) electrons. The van der Waals surface area contributed by atoms with Crippen LogP contribution >= 0.6 is 0 Å². The molecule has 2 rings (SSSR count). The van der Waals surface area contributed by atoms with Gasteiger partial charge in [0.25, 0.3) is 0 Å². The van der Waals surface area contributed by atoms with Gasteiger partial charge in [0.1, 0.15) is 5.75 Å². The average molecular weight is 276 g/mol. The molecule has 112 valence electrons. The second-order valence-corrected chi connectivity index (χ2v) is 6.11. The molecule has 0 saturated carbocycles. The zero-order chi connectivity index (χ0) is 14.5. The van der Waals surface area contributed by atoms with Crippen molar-refractivity contribution in [2.45, 2.75) is 46.1 Å². The van der Waals surface area contributed by atoms with Gasteiger partial charge in [0, 0.05) is 36.4 Å². The van der Waals surface area contributed by atoms with Crippen molar-refractivity contribution in [1.29, 1.82) is 0 Å². The van der Waals surface area contributed by atoms with Gasteiger partial charge in [-0.15, -0.1) is 0 Å². The molecule has 1 aromatic carbocycles. The molecule has 0 spiro atoms. The predicted octanol–water partition coefficient (Wildman–Crippen LogP) is 3.69. The third-order valence-electron chi connectivity index (χ3n) is 4.20. The van der Waals surface area contributed by atoms with Gasteiger partial charge >= 0.3 is 0 Å². The van der Waals surface area contributed by atoms with E-state index in [0.717, 1.165) is 43.2 Å². The predicted molar refractivity (Wildman–Crippen MR) is 85.4 cm³/mol. The summed E-state index contributed by atoms with van der Waals surface area (Å²) in [5.41, 5.74) is 2.15. The van der Waals surface area contributed by atoms with Gasteiger partial charge in [-0.3, -0.25) is 0 Å². The van der Waals surface area contributed by atoms with Crippen molar-refractivity contribution >= 4 is 5.69 Å². The van der Waals surface area contributed by atoms with Crippen molar-refractivity contribution < 1.29 is 5.11 Å². The summed E-state index contributed by atoms with van der Waals surface area (Å²) in [4.78, 5) is 2.39. The molecular weight excluding hydrogens is 248 g/mol. The highest BCUT2D eigenvalue weighted by atomic mass is 16.3. The van der Waals surface area contributed by atoms with Crippen LogP contribution in [0.5, 0.6) is 5.75 Å². The smallest absolute Gasteiger partial charge is 0.122 e. The van der Waals surface area contributed by atoms with Gasteiger partial charge in [-0.1, -0.05) is 19.9 Å². The van der Waals surface area contributed by atoms with Crippen molar-refractivity contribution in [3.63, 3.8) is 0 Å². The maximum absolute atomic E-state index is 10.3. The van der Waals surface area contributed by atoms with E-state index < -0.39 is 0 Å². The molecule has 1 fully saturated rings. The number of hydrogen-bond acceptors (Lipinski definition) is 3. The Labute approximate surface area is 123 Å². The van der Waals surface area contributed by atoms with Crippen LogP contribution in [0.2, 0.25) is 0 Å². The van der Waals surface area contributed by atoms with E-state index in [4.69, 9.17) is 0 Å². The van der Waals surface area contributed by atoms with E-state index in [-0.39, 0.29) is 6.04 Å². The SMILES string of the molecule is CCCNC(C)c1ccc(N2CCCC(C)C2)cc1O. The van der Waals surface area contributed by atoms with Crippen LogP contribution in [0.4, 0.5) is 5.69 Å². The zero-order valence-corrected chi connectivity index (χ0v) is 13.0. The Balaban J connectivity index is 2.08. The fourth-order valence-corrected chi connectivity index (χ4v) is 2.99. The van der Waals surface area contributed by atoms with E-state index in [1.54, 1.807) is 0 Å². The first-order chi connectivity index (χ1) is 9.61. The molecular formula is C17H28N2O. The maximum atomic E-state index is 10.3. The van der Waals surface area contributed by atoms with Gasteiger partial charge in [-0.25, -0.2) is 0 Å². The highest BCUT2D eigenvalue weighted by molar-refractivity contribution is 5.54. The number of phenols is 1. The molecule has 0 bridgehead atoms. The molecule has 1 aliphatic heterocycles. The minimum Gasteiger partial charge on any atom is -0.508 e. The molecule has 1 saturated heterocycles. The van der Waals surface area contributed by atoms with Crippen molar-refractivity contribution in [2.24, 2.45) is 5.92 Å². The quantitative estimate of drug-likeness (QED) is 0.861. The van der Waals surface area contributed by atoms with E-state index >= 15 is 0 Å². The number of rotatable bonds is 5. The second-order valence-electron chi connectivity index (χ2n) is 6.11. The Morgan fingerprint density at radius 1 is 1.45 bits per heavy atom. The molecule has 2 unspecified atom stereocenters. The van der Waals surface area contributed by atoms with Crippen LogP contribution in [0.1, 0.15) is 51.6 Å². The Morgan fingerprint density at radius 3 is 2.90 bits per heavy atom. The van der Waals surface area contributed by atoms with Crippen LogP contribution in [0.3, 0.4) is 0 Å². The topological polar surface area (TPSA) is 35.5 Å². The molecule has 0 aliphatic carbocycles. The Morgan fingerprint density at radius 2 is 2.25 bits per heavy atom. The van der Waals surface area contributed by atoms with E-state index in [0.29, 0.717) is 5.75 Å². The zero-order valence-electron chi connectivity index (χ0n) is 13.0. The second kappa shape index (κ2) is 6.98. The average Bonchev–Trinajstić information content (AvgIpc) is 2.44. The Hall–Kier alpha value is -1.22. The first-order valence-electron chi connectivity index (χ1n) is 7.93. The lowest BCUT2D eigenvalue weighted by Crippen LogP contribution is -2.34. The van der Waals surface area contributed by atoms with Crippen LogP contribution in [0.25, 0.3) is 0 Å². The van der Waals surface area contributed by atoms with E-state index in [9.17, 15) is 5.11 Å². The number of nitrogens with one attached hydrogen (secondary N) is 1. The lowest BCUT2D eigenvalue weighted by molar-refractivity contribution is 0.440. The van der Waals surface area contributed by atoms with Gasteiger partial charge in [-0.05, 0) is 44.7 Å². The number of nitrogens with zero attached hydrogens (tertiary/aromatic N) is 1. The fourth-order valence-electron chi connectivity index (χ4n) is 2.99. The largest absolute Gasteiger partial charge is 0.508 e. The molecule has 2 N–H and O–H groups in total. The molecule has 1 aliphatic rings. The summed E-state index contributed by atoms with van der Waals surface area (Å²) in [6.45, 7) is 9.74. The molecule has 1 aromatic rings. The van der Waals surface area contributed by atoms with Crippen LogP contribution < -0.4 is 10.2 Å². The number of anilines is 1. The number of aromatic hydroxyl groups is 1. The summed E-state index contributed by atoms with van der Waals surface area (Å²) >= 11 is 0. The highest BCUT2D eigenvalue weighted by Gasteiger charge is 2.18. The van der Waals surface area contributed by atoms with Crippen LogP contribution in [0, 0.1) is 5.92 Å². The molecule has 0 amide bonds. The highest BCUT2D eigenvalue weighted by Crippen LogP contribution is 2.31. The lowest BCUT2D eigenvalue weighted by Gasteiger charge is -2.33. The van der Waals surface area contributed by atoms with Crippen LogP contribution in [-0.2, 0) is 0 Å². The summed E-state index contributed by atoms with van der Waals surface area (Å²) in [5, 5.41) is 13.7. The van der Waals surface area contributed by atoms with Crippen molar-refractivity contribution in [3.05, 3.63) is 23.8 Å². The van der Waals surface area contributed by atoms with Crippen molar-refractivity contribution in [2.75, 3.05) is 24.5 Å². The third-order valence-corrected chi connectivity index (χ3v) is 4.20. The molecule has 2 atom stereocenters. The normalized spacial score (nSPS) is 20.9. The van der Waals surface area contributed by atoms with Crippen LogP contribution in [-0.4, -0.2) is 24.7 Å².